The molecule has 15 heavy (non-hydrogen) atoms. The number of aromatic nitrogens is 2. The molecule has 0 aromatic carbocycles. The average Bonchev–Trinajstić information content (AvgIpc) is 2.23. The van der Waals surface area contributed by atoms with Gasteiger partial charge in [-0.1, -0.05) is 40.0 Å². The van der Waals surface area contributed by atoms with Crippen LogP contribution in [-0.2, 0) is 19.3 Å². The van der Waals surface area contributed by atoms with Gasteiger partial charge in [0.2, 0.25) is 0 Å². The Morgan fingerprint density at radius 3 is 1.67 bits per heavy atom. The van der Waals surface area contributed by atoms with Gasteiger partial charge in [-0.25, -0.2) is 9.97 Å². The van der Waals surface area contributed by atoms with Crippen molar-refractivity contribution in [3.8, 4) is 0 Å². The lowest BCUT2D eigenvalue weighted by Gasteiger charge is -2.11. The second kappa shape index (κ2) is 6.54. The van der Waals surface area contributed by atoms with Crippen LogP contribution in [0.25, 0.3) is 0 Å². The smallest absolute Gasteiger partial charge is 0.115 e. The van der Waals surface area contributed by atoms with Crippen LogP contribution in [0, 0.1) is 0 Å². The summed E-state index contributed by atoms with van der Waals surface area (Å²) >= 11 is 0. The average molecular weight is 206 g/mol. The van der Waals surface area contributed by atoms with Crippen molar-refractivity contribution >= 4 is 0 Å². The van der Waals surface area contributed by atoms with Crippen molar-refractivity contribution in [3.63, 3.8) is 0 Å². The van der Waals surface area contributed by atoms with E-state index in [1.807, 2.05) is 0 Å². The predicted octanol–water partition coefficient (Wildman–Crippen LogP) is 3.33. The first-order valence-electron chi connectivity index (χ1n) is 6.15. The molecule has 0 aliphatic heterocycles. The first kappa shape index (κ1) is 12.2. The molecule has 1 rings (SSSR count). The van der Waals surface area contributed by atoms with Crippen molar-refractivity contribution in [2.45, 2.75) is 59.3 Å². The van der Waals surface area contributed by atoms with Crippen LogP contribution in [0.2, 0.25) is 0 Å². The summed E-state index contributed by atoms with van der Waals surface area (Å²) in [5, 5.41) is 0. The van der Waals surface area contributed by atoms with Gasteiger partial charge in [0.15, 0.2) is 0 Å². The Kier molecular flexibility index (Phi) is 5.30. The van der Waals surface area contributed by atoms with Crippen LogP contribution < -0.4 is 0 Å². The number of nitrogens with zero attached hydrogens (tertiary/aromatic N) is 2. The summed E-state index contributed by atoms with van der Waals surface area (Å²) in [5.41, 5.74) is 3.97. The van der Waals surface area contributed by atoms with E-state index >= 15 is 0 Å². The Morgan fingerprint density at radius 2 is 1.27 bits per heavy atom. The normalized spacial score (nSPS) is 10.6. The van der Waals surface area contributed by atoms with Crippen LogP contribution in [-0.4, -0.2) is 9.97 Å². The minimum Gasteiger partial charge on any atom is -0.241 e. The van der Waals surface area contributed by atoms with Crippen LogP contribution >= 0.6 is 0 Å². The molecule has 0 fully saturated rings. The molecule has 84 valence electrons. The SMILES string of the molecule is CCCc1ncnc(CCC)c1CCC. The van der Waals surface area contributed by atoms with Gasteiger partial charge in [0.05, 0.1) is 0 Å². The summed E-state index contributed by atoms with van der Waals surface area (Å²) in [4.78, 5) is 8.84. The molecule has 0 N–H and O–H groups in total. The standard InChI is InChI=1S/C13H22N2/c1-4-7-11-12(8-5-2)14-10-15-13(11)9-6-3/h10H,4-9H2,1-3H3. The second-order valence-corrected chi connectivity index (χ2v) is 4.00. The fourth-order valence-corrected chi connectivity index (χ4v) is 1.93. The van der Waals surface area contributed by atoms with E-state index in [2.05, 4.69) is 30.7 Å². The van der Waals surface area contributed by atoms with Gasteiger partial charge in [0, 0.05) is 11.4 Å². The van der Waals surface area contributed by atoms with Gasteiger partial charge in [-0.05, 0) is 24.8 Å². The van der Waals surface area contributed by atoms with Crippen molar-refractivity contribution in [1.29, 1.82) is 0 Å². The van der Waals surface area contributed by atoms with E-state index in [0.717, 1.165) is 19.3 Å². The lowest BCUT2D eigenvalue weighted by atomic mass is 10.0. The zero-order chi connectivity index (χ0) is 11.1. The highest BCUT2D eigenvalue weighted by atomic mass is 14.8. The third kappa shape index (κ3) is 3.29. The van der Waals surface area contributed by atoms with Gasteiger partial charge in [-0.2, -0.15) is 0 Å². The third-order valence-corrected chi connectivity index (χ3v) is 2.60. The van der Waals surface area contributed by atoms with Crippen LogP contribution in [0.4, 0.5) is 0 Å². The number of rotatable bonds is 6. The summed E-state index contributed by atoms with van der Waals surface area (Å²) in [7, 11) is 0. The Hall–Kier alpha value is -0.920. The highest BCUT2D eigenvalue weighted by Gasteiger charge is 2.08. The third-order valence-electron chi connectivity index (χ3n) is 2.60. The molecule has 0 saturated heterocycles. The molecule has 0 spiro atoms. The zero-order valence-electron chi connectivity index (χ0n) is 10.2. The van der Waals surface area contributed by atoms with E-state index in [1.165, 1.54) is 36.2 Å². The molecule has 0 saturated carbocycles. The van der Waals surface area contributed by atoms with Gasteiger partial charge < -0.3 is 0 Å². The highest BCUT2D eigenvalue weighted by Crippen LogP contribution is 2.15. The van der Waals surface area contributed by atoms with Crippen LogP contribution in [0.15, 0.2) is 6.33 Å². The van der Waals surface area contributed by atoms with Gasteiger partial charge in [-0.15, -0.1) is 0 Å². The predicted molar refractivity (Wildman–Crippen MR) is 64.0 cm³/mol. The monoisotopic (exact) mass is 206 g/mol. The van der Waals surface area contributed by atoms with E-state index in [-0.39, 0.29) is 0 Å². The Morgan fingerprint density at radius 1 is 0.800 bits per heavy atom. The molecule has 0 atom stereocenters. The molecular formula is C13H22N2. The Bertz CT molecular complexity index is 270. The molecule has 0 bridgehead atoms. The molecule has 1 heterocycles. The summed E-state index contributed by atoms with van der Waals surface area (Å²) < 4.78 is 0. The van der Waals surface area contributed by atoms with Gasteiger partial charge >= 0.3 is 0 Å². The number of aryl methyl sites for hydroxylation is 2. The maximum absolute atomic E-state index is 4.42. The van der Waals surface area contributed by atoms with E-state index in [9.17, 15) is 0 Å². The van der Waals surface area contributed by atoms with E-state index < -0.39 is 0 Å². The molecule has 0 unspecified atom stereocenters. The quantitative estimate of drug-likeness (QED) is 0.713. The topological polar surface area (TPSA) is 25.8 Å². The Balaban J connectivity index is 2.97. The van der Waals surface area contributed by atoms with Crippen LogP contribution in [0.1, 0.15) is 57.0 Å². The minimum absolute atomic E-state index is 1.09. The molecule has 1 aromatic rings. The lowest BCUT2D eigenvalue weighted by Crippen LogP contribution is -2.05. The molecule has 2 heteroatoms. The molecule has 0 amide bonds. The molecule has 0 aliphatic rings. The van der Waals surface area contributed by atoms with Gasteiger partial charge in [0.1, 0.15) is 6.33 Å². The second-order valence-electron chi connectivity index (χ2n) is 4.00. The maximum atomic E-state index is 4.42. The van der Waals surface area contributed by atoms with Crippen molar-refractivity contribution < 1.29 is 0 Å². The van der Waals surface area contributed by atoms with Gasteiger partial charge in [0.25, 0.3) is 0 Å². The van der Waals surface area contributed by atoms with Gasteiger partial charge in [-0.3, -0.25) is 0 Å². The molecule has 0 aliphatic carbocycles. The van der Waals surface area contributed by atoms with Crippen molar-refractivity contribution in [3.05, 3.63) is 23.3 Å². The molecular weight excluding hydrogens is 184 g/mol. The zero-order valence-corrected chi connectivity index (χ0v) is 10.2. The summed E-state index contributed by atoms with van der Waals surface area (Å²) in [6.07, 6.45) is 8.56. The molecule has 2 nitrogen and oxygen atoms in total. The lowest BCUT2D eigenvalue weighted by molar-refractivity contribution is 0.769. The minimum atomic E-state index is 1.09. The number of hydrogen-bond acceptors (Lipinski definition) is 2. The van der Waals surface area contributed by atoms with E-state index in [1.54, 1.807) is 6.33 Å². The van der Waals surface area contributed by atoms with E-state index in [4.69, 9.17) is 0 Å². The molecule has 0 radical (unpaired) electrons. The van der Waals surface area contributed by atoms with Crippen molar-refractivity contribution in [2.24, 2.45) is 0 Å². The van der Waals surface area contributed by atoms with E-state index in [0.29, 0.717) is 0 Å². The largest absolute Gasteiger partial charge is 0.241 e. The summed E-state index contributed by atoms with van der Waals surface area (Å²) in [6.45, 7) is 6.63. The number of hydrogen-bond donors (Lipinski definition) is 0. The Labute approximate surface area is 93.2 Å². The summed E-state index contributed by atoms with van der Waals surface area (Å²) in [6, 6.07) is 0. The van der Waals surface area contributed by atoms with Crippen molar-refractivity contribution in [2.75, 3.05) is 0 Å². The highest BCUT2D eigenvalue weighted by molar-refractivity contribution is 5.25. The van der Waals surface area contributed by atoms with Crippen LogP contribution in [0.3, 0.4) is 0 Å². The maximum Gasteiger partial charge on any atom is 0.115 e. The first-order chi connectivity index (χ1) is 7.33. The van der Waals surface area contributed by atoms with Crippen molar-refractivity contribution in [1.82, 2.24) is 9.97 Å². The van der Waals surface area contributed by atoms with Crippen LogP contribution in [0.5, 0.6) is 0 Å². The molecule has 1 aromatic heterocycles. The fourth-order valence-electron chi connectivity index (χ4n) is 1.93. The fraction of sp³-hybridized carbons (Fsp3) is 0.692. The first-order valence-corrected chi connectivity index (χ1v) is 6.15. The summed E-state index contributed by atoms with van der Waals surface area (Å²) in [5.74, 6) is 0.